The zero-order valence-corrected chi connectivity index (χ0v) is 10.6. The SMILES string of the molecule is O=C(O)Cc1ccccc1C(=O)N1CCCC1CO. The van der Waals surface area contributed by atoms with Gasteiger partial charge in [0.1, 0.15) is 0 Å². The third kappa shape index (κ3) is 2.93. The molecule has 0 saturated carbocycles. The van der Waals surface area contributed by atoms with Crippen LogP contribution < -0.4 is 0 Å². The standard InChI is InChI=1S/C14H17NO4/c16-9-11-5-3-7-15(11)14(19)12-6-2-1-4-10(12)8-13(17)18/h1-2,4,6,11,16H,3,5,7-9H2,(H,17,18). The number of aliphatic hydroxyl groups excluding tert-OH is 1. The van der Waals surface area contributed by atoms with Crippen molar-refractivity contribution < 1.29 is 19.8 Å². The number of carboxylic acid groups (broad SMARTS) is 1. The second-order valence-electron chi connectivity index (χ2n) is 4.70. The molecule has 0 aromatic heterocycles. The number of hydrogen-bond acceptors (Lipinski definition) is 3. The van der Waals surface area contributed by atoms with E-state index in [0.717, 1.165) is 12.8 Å². The Balaban J connectivity index is 2.25. The van der Waals surface area contributed by atoms with E-state index in [1.807, 2.05) is 0 Å². The van der Waals surface area contributed by atoms with Gasteiger partial charge in [-0.3, -0.25) is 9.59 Å². The van der Waals surface area contributed by atoms with Crippen LogP contribution in [-0.2, 0) is 11.2 Å². The van der Waals surface area contributed by atoms with Gasteiger partial charge in [-0.05, 0) is 24.5 Å². The maximum absolute atomic E-state index is 12.4. The smallest absolute Gasteiger partial charge is 0.307 e. The topological polar surface area (TPSA) is 77.8 Å². The molecule has 19 heavy (non-hydrogen) atoms. The van der Waals surface area contributed by atoms with E-state index >= 15 is 0 Å². The van der Waals surface area contributed by atoms with E-state index in [2.05, 4.69) is 0 Å². The summed E-state index contributed by atoms with van der Waals surface area (Å²) in [4.78, 5) is 24.9. The van der Waals surface area contributed by atoms with Crippen LogP contribution in [0.15, 0.2) is 24.3 Å². The molecule has 1 fully saturated rings. The molecule has 2 N–H and O–H groups in total. The van der Waals surface area contributed by atoms with Crippen molar-refractivity contribution in [1.29, 1.82) is 0 Å². The van der Waals surface area contributed by atoms with Crippen LogP contribution in [0.5, 0.6) is 0 Å². The zero-order chi connectivity index (χ0) is 13.8. The fourth-order valence-corrected chi connectivity index (χ4v) is 2.49. The molecule has 0 bridgehead atoms. The number of carboxylic acids is 1. The molecule has 1 aliphatic heterocycles. The first-order valence-corrected chi connectivity index (χ1v) is 6.35. The molecule has 1 saturated heterocycles. The largest absolute Gasteiger partial charge is 0.481 e. The minimum absolute atomic E-state index is 0.0488. The Kier molecular flexibility index (Phi) is 4.16. The van der Waals surface area contributed by atoms with Gasteiger partial charge in [0, 0.05) is 12.1 Å². The highest BCUT2D eigenvalue weighted by atomic mass is 16.4. The van der Waals surface area contributed by atoms with Crippen LogP contribution in [-0.4, -0.2) is 46.2 Å². The summed E-state index contributed by atoms with van der Waals surface area (Å²) in [5.74, 6) is -1.14. The van der Waals surface area contributed by atoms with Crippen molar-refractivity contribution in [3.05, 3.63) is 35.4 Å². The fraction of sp³-hybridized carbons (Fsp3) is 0.429. The van der Waals surface area contributed by atoms with E-state index in [1.165, 1.54) is 0 Å². The predicted octanol–water partition coefficient (Wildman–Crippen LogP) is 0.911. The first kappa shape index (κ1) is 13.5. The van der Waals surface area contributed by atoms with Gasteiger partial charge in [0.15, 0.2) is 0 Å². The molecular formula is C14H17NO4. The number of rotatable bonds is 4. The van der Waals surface area contributed by atoms with E-state index in [0.29, 0.717) is 17.7 Å². The van der Waals surface area contributed by atoms with Crippen LogP contribution >= 0.6 is 0 Å². The summed E-state index contributed by atoms with van der Waals surface area (Å²) in [6, 6.07) is 6.61. The van der Waals surface area contributed by atoms with Crippen molar-refractivity contribution >= 4 is 11.9 Å². The van der Waals surface area contributed by atoms with Crippen molar-refractivity contribution in [2.75, 3.05) is 13.2 Å². The Hall–Kier alpha value is -1.88. The normalized spacial score (nSPS) is 18.6. The third-order valence-corrected chi connectivity index (χ3v) is 3.44. The Morgan fingerprint density at radius 3 is 2.74 bits per heavy atom. The van der Waals surface area contributed by atoms with Gasteiger partial charge >= 0.3 is 5.97 Å². The Morgan fingerprint density at radius 2 is 2.05 bits per heavy atom. The average molecular weight is 263 g/mol. The average Bonchev–Trinajstić information content (AvgIpc) is 2.86. The van der Waals surface area contributed by atoms with Crippen LogP contribution in [0.1, 0.15) is 28.8 Å². The van der Waals surface area contributed by atoms with Gasteiger partial charge in [-0.25, -0.2) is 0 Å². The second kappa shape index (κ2) is 5.84. The lowest BCUT2D eigenvalue weighted by atomic mass is 10.0. The lowest BCUT2D eigenvalue weighted by molar-refractivity contribution is -0.136. The maximum atomic E-state index is 12.4. The Labute approximate surface area is 111 Å². The van der Waals surface area contributed by atoms with Gasteiger partial charge in [0.05, 0.1) is 19.1 Å². The van der Waals surface area contributed by atoms with E-state index < -0.39 is 5.97 Å². The summed E-state index contributed by atoms with van der Waals surface area (Å²) in [5, 5.41) is 18.1. The lowest BCUT2D eigenvalue weighted by Gasteiger charge is -2.24. The molecule has 1 aromatic rings. The van der Waals surface area contributed by atoms with Crippen molar-refractivity contribution in [3.8, 4) is 0 Å². The zero-order valence-electron chi connectivity index (χ0n) is 10.6. The monoisotopic (exact) mass is 263 g/mol. The van der Waals surface area contributed by atoms with E-state index in [-0.39, 0.29) is 25.0 Å². The summed E-state index contributed by atoms with van der Waals surface area (Å²) < 4.78 is 0. The predicted molar refractivity (Wildman–Crippen MR) is 68.9 cm³/mol. The highest BCUT2D eigenvalue weighted by Crippen LogP contribution is 2.21. The number of hydrogen-bond donors (Lipinski definition) is 2. The minimum Gasteiger partial charge on any atom is -0.481 e. The van der Waals surface area contributed by atoms with Crippen LogP contribution in [0.4, 0.5) is 0 Å². The molecule has 1 atom stereocenters. The number of amides is 1. The number of likely N-dealkylation sites (tertiary alicyclic amines) is 1. The lowest BCUT2D eigenvalue weighted by Crippen LogP contribution is -2.38. The summed E-state index contributed by atoms with van der Waals surface area (Å²) in [5.41, 5.74) is 0.939. The highest BCUT2D eigenvalue weighted by Gasteiger charge is 2.29. The summed E-state index contributed by atoms with van der Waals surface area (Å²) in [7, 11) is 0. The molecule has 5 heteroatoms. The van der Waals surface area contributed by atoms with E-state index in [1.54, 1.807) is 29.2 Å². The van der Waals surface area contributed by atoms with Gasteiger partial charge in [-0.2, -0.15) is 0 Å². The van der Waals surface area contributed by atoms with Crippen molar-refractivity contribution in [3.63, 3.8) is 0 Å². The van der Waals surface area contributed by atoms with E-state index in [4.69, 9.17) is 5.11 Å². The van der Waals surface area contributed by atoms with Gasteiger partial charge in [-0.15, -0.1) is 0 Å². The molecule has 5 nitrogen and oxygen atoms in total. The summed E-state index contributed by atoms with van der Waals surface area (Å²) in [6.07, 6.45) is 1.50. The molecule has 1 aliphatic rings. The molecule has 1 aromatic carbocycles. The third-order valence-electron chi connectivity index (χ3n) is 3.44. The first-order valence-electron chi connectivity index (χ1n) is 6.35. The molecule has 1 unspecified atom stereocenters. The van der Waals surface area contributed by atoms with Gasteiger partial charge in [-0.1, -0.05) is 18.2 Å². The second-order valence-corrected chi connectivity index (χ2v) is 4.70. The van der Waals surface area contributed by atoms with Crippen molar-refractivity contribution in [2.45, 2.75) is 25.3 Å². The Morgan fingerprint density at radius 1 is 1.32 bits per heavy atom. The first-order chi connectivity index (χ1) is 9.13. The molecule has 0 spiro atoms. The van der Waals surface area contributed by atoms with Gasteiger partial charge in [0.25, 0.3) is 5.91 Å². The number of nitrogens with zero attached hydrogens (tertiary/aromatic N) is 1. The molecular weight excluding hydrogens is 246 g/mol. The molecule has 0 radical (unpaired) electrons. The van der Waals surface area contributed by atoms with E-state index in [9.17, 15) is 14.7 Å². The minimum atomic E-state index is -0.958. The van der Waals surface area contributed by atoms with Crippen molar-refractivity contribution in [1.82, 2.24) is 4.90 Å². The molecule has 102 valence electrons. The van der Waals surface area contributed by atoms with Crippen LogP contribution in [0.2, 0.25) is 0 Å². The van der Waals surface area contributed by atoms with Gasteiger partial charge in [0.2, 0.25) is 0 Å². The molecule has 2 rings (SSSR count). The fourth-order valence-electron chi connectivity index (χ4n) is 2.49. The molecule has 1 heterocycles. The van der Waals surface area contributed by atoms with Crippen LogP contribution in [0, 0.1) is 0 Å². The highest BCUT2D eigenvalue weighted by molar-refractivity contribution is 5.97. The number of aliphatic hydroxyl groups is 1. The van der Waals surface area contributed by atoms with Gasteiger partial charge < -0.3 is 15.1 Å². The number of aliphatic carboxylic acids is 1. The number of benzene rings is 1. The van der Waals surface area contributed by atoms with Crippen LogP contribution in [0.3, 0.4) is 0 Å². The summed E-state index contributed by atoms with van der Waals surface area (Å²) in [6.45, 7) is 0.568. The quantitative estimate of drug-likeness (QED) is 0.846. The maximum Gasteiger partial charge on any atom is 0.307 e. The van der Waals surface area contributed by atoms with Crippen molar-refractivity contribution in [2.24, 2.45) is 0 Å². The Bertz CT molecular complexity index is 486. The number of carbonyl (C=O) groups excluding carboxylic acids is 1. The number of carbonyl (C=O) groups is 2. The van der Waals surface area contributed by atoms with Crippen LogP contribution in [0.25, 0.3) is 0 Å². The molecule has 1 amide bonds. The summed E-state index contributed by atoms with van der Waals surface area (Å²) >= 11 is 0. The molecule has 0 aliphatic carbocycles.